The van der Waals surface area contributed by atoms with Crippen molar-refractivity contribution < 1.29 is 28.2 Å². The first-order valence-corrected chi connectivity index (χ1v) is 9.93. The minimum Gasteiger partial charge on any atom is -0.494 e. The van der Waals surface area contributed by atoms with E-state index in [0.717, 1.165) is 0 Å². The lowest BCUT2D eigenvalue weighted by atomic mass is 10.1. The smallest absolute Gasteiger partial charge is 0.279 e. The van der Waals surface area contributed by atoms with Gasteiger partial charge in [-0.25, -0.2) is 4.39 Å². The van der Waals surface area contributed by atoms with Gasteiger partial charge in [0.15, 0.2) is 6.10 Å². The van der Waals surface area contributed by atoms with Crippen molar-refractivity contribution in [3.05, 3.63) is 54.3 Å². The first kappa shape index (κ1) is 22.1. The molecule has 0 spiro atoms. The molecule has 2 aromatic carbocycles. The number of carbonyl (C=O) groups excluding carboxylic acids is 3. The van der Waals surface area contributed by atoms with E-state index in [1.54, 1.807) is 30.3 Å². The number of para-hydroxylation sites is 1. The number of hydrogen-bond donors (Lipinski definition) is 2. The van der Waals surface area contributed by atoms with Crippen LogP contribution in [0.2, 0.25) is 0 Å². The highest BCUT2D eigenvalue weighted by Gasteiger charge is 2.36. The maximum absolute atomic E-state index is 14.0. The molecule has 1 aliphatic heterocycles. The first-order chi connectivity index (χ1) is 14.9. The average molecular weight is 429 g/mol. The summed E-state index contributed by atoms with van der Waals surface area (Å²) in [5.74, 6) is -1.54. The fraction of sp³-hybridized carbons (Fsp3) is 0.318. The normalized spacial score (nSPS) is 16.5. The molecule has 0 saturated carbocycles. The maximum Gasteiger partial charge on any atom is 0.279 e. The SMILES string of the molecule is CCOc1ccc(OC(C)C(=O)NNC(=O)C2CC(=O)N(c3ccccc3F)C2)cc1. The van der Waals surface area contributed by atoms with Gasteiger partial charge in [-0.15, -0.1) is 0 Å². The summed E-state index contributed by atoms with van der Waals surface area (Å²) in [6.45, 7) is 3.99. The summed E-state index contributed by atoms with van der Waals surface area (Å²) < 4.78 is 24.8. The van der Waals surface area contributed by atoms with Crippen LogP contribution in [0.15, 0.2) is 48.5 Å². The molecule has 0 aromatic heterocycles. The van der Waals surface area contributed by atoms with Gasteiger partial charge in [0.2, 0.25) is 11.8 Å². The Labute approximate surface area is 179 Å². The summed E-state index contributed by atoms with van der Waals surface area (Å²) in [5.41, 5.74) is 4.74. The van der Waals surface area contributed by atoms with Gasteiger partial charge in [0.25, 0.3) is 5.91 Å². The Morgan fingerprint density at radius 2 is 1.81 bits per heavy atom. The number of ether oxygens (including phenoxy) is 2. The van der Waals surface area contributed by atoms with Crippen molar-refractivity contribution in [3.63, 3.8) is 0 Å². The topological polar surface area (TPSA) is 97.0 Å². The van der Waals surface area contributed by atoms with Crippen molar-refractivity contribution in [2.24, 2.45) is 5.92 Å². The van der Waals surface area contributed by atoms with Crippen LogP contribution in [0, 0.1) is 11.7 Å². The average Bonchev–Trinajstić information content (AvgIpc) is 3.15. The number of rotatable bonds is 7. The number of nitrogens with zero attached hydrogens (tertiary/aromatic N) is 1. The van der Waals surface area contributed by atoms with Gasteiger partial charge in [0, 0.05) is 13.0 Å². The van der Waals surface area contributed by atoms with E-state index in [0.29, 0.717) is 18.1 Å². The first-order valence-electron chi connectivity index (χ1n) is 9.93. The van der Waals surface area contributed by atoms with Crippen LogP contribution in [0.1, 0.15) is 20.3 Å². The summed E-state index contributed by atoms with van der Waals surface area (Å²) in [5, 5.41) is 0. The van der Waals surface area contributed by atoms with Crippen molar-refractivity contribution in [1.82, 2.24) is 10.9 Å². The number of hydrogen-bond acceptors (Lipinski definition) is 5. The fourth-order valence-corrected chi connectivity index (χ4v) is 3.15. The molecule has 3 amide bonds. The zero-order valence-corrected chi connectivity index (χ0v) is 17.3. The molecule has 3 rings (SSSR count). The Balaban J connectivity index is 1.49. The largest absolute Gasteiger partial charge is 0.494 e. The Bertz CT molecular complexity index is 950. The van der Waals surface area contributed by atoms with Crippen molar-refractivity contribution in [1.29, 1.82) is 0 Å². The maximum atomic E-state index is 14.0. The van der Waals surface area contributed by atoms with Crippen LogP contribution in [0.4, 0.5) is 10.1 Å². The van der Waals surface area contributed by atoms with Gasteiger partial charge in [0.05, 0.1) is 18.2 Å². The number of amides is 3. The van der Waals surface area contributed by atoms with E-state index < -0.39 is 29.7 Å². The molecule has 0 radical (unpaired) electrons. The lowest BCUT2D eigenvalue weighted by Gasteiger charge is -2.18. The van der Waals surface area contributed by atoms with E-state index in [-0.39, 0.29) is 24.6 Å². The molecule has 0 aliphatic carbocycles. The predicted molar refractivity (Wildman–Crippen MR) is 111 cm³/mol. The van der Waals surface area contributed by atoms with Crippen LogP contribution in [0.25, 0.3) is 0 Å². The summed E-state index contributed by atoms with van der Waals surface area (Å²) >= 11 is 0. The Morgan fingerprint density at radius 1 is 1.13 bits per heavy atom. The van der Waals surface area contributed by atoms with Gasteiger partial charge in [-0.1, -0.05) is 12.1 Å². The monoisotopic (exact) mass is 429 g/mol. The number of hydrazine groups is 1. The highest BCUT2D eigenvalue weighted by Crippen LogP contribution is 2.27. The molecule has 9 heteroatoms. The number of halogens is 1. The van der Waals surface area contributed by atoms with Gasteiger partial charge in [-0.05, 0) is 50.2 Å². The summed E-state index contributed by atoms with van der Waals surface area (Å²) in [4.78, 5) is 38.1. The molecule has 1 saturated heterocycles. The molecule has 31 heavy (non-hydrogen) atoms. The van der Waals surface area contributed by atoms with Gasteiger partial charge in [-0.2, -0.15) is 0 Å². The van der Waals surface area contributed by atoms with Crippen LogP contribution in [0.5, 0.6) is 11.5 Å². The minimum atomic E-state index is -0.877. The zero-order chi connectivity index (χ0) is 22.4. The Kier molecular flexibility index (Phi) is 7.07. The molecule has 8 nitrogen and oxygen atoms in total. The molecular weight excluding hydrogens is 405 g/mol. The Hall–Kier alpha value is -3.62. The zero-order valence-electron chi connectivity index (χ0n) is 17.3. The molecule has 1 aliphatic rings. The third-order valence-corrected chi connectivity index (χ3v) is 4.76. The van der Waals surface area contributed by atoms with Crippen LogP contribution in [-0.4, -0.2) is 37.0 Å². The van der Waals surface area contributed by atoms with Crippen LogP contribution in [-0.2, 0) is 14.4 Å². The molecule has 0 bridgehead atoms. The molecular formula is C22H24FN3O5. The molecule has 2 unspecified atom stereocenters. The van der Waals surface area contributed by atoms with Gasteiger partial charge >= 0.3 is 0 Å². The summed E-state index contributed by atoms with van der Waals surface area (Å²) in [6.07, 6.45) is -0.952. The quantitative estimate of drug-likeness (QED) is 0.658. The van der Waals surface area contributed by atoms with Crippen LogP contribution >= 0.6 is 0 Å². The minimum absolute atomic E-state index is 0.0275. The second-order valence-electron chi connectivity index (χ2n) is 7.00. The lowest BCUT2D eigenvalue weighted by molar-refractivity contribution is -0.134. The van der Waals surface area contributed by atoms with Crippen LogP contribution < -0.4 is 25.2 Å². The standard InChI is InChI=1S/C22H24FN3O5/c1-3-30-16-8-10-17(11-9-16)31-14(2)21(28)24-25-22(29)15-12-20(27)26(13-15)19-7-5-4-6-18(19)23/h4-11,14-15H,3,12-13H2,1-2H3,(H,24,28)(H,25,29). The van der Waals surface area contributed by atoms with E-state index in [2.05, 4.69) is 10.9 Å². The lowest BCUT2D eigenvalue weighted by Crippen LogP contribution is -2.49. The molecule has 164 valence electrons. The van der Waals surface area contributed by atoms with E-state index in [1.807, 2.05) is 6.92 Å². The van der Waals surface area contributed by atoms with Gasteiger partial charge in [-0.3, -0.25) is 25.2 Å². The van der Waals surface area contributed by atoms with E-state index in [9.17, 15) is 18.8 Å². The van der Waals surface area contributed by atoms with E-state index >= 15 is 0 Å². The van der Waals surface area contributed by atoms with Crippen molar-refractivity contribution in [3.8, 4) is 11.5 Å². The summed E-state index contributed by atoms with van der Waals surface area (Å²) in [7, 11) is 0. The molecule has 1 heterocycles. The van der Waals surface area contributed by atoms with Crippen molar-refractivity contribution >= 4 is 23.4 Å². The Morgan fingerprint density at radius 3 is 2.48 bits per heavy atom. The number of benzene rings is 2. The molecule has 2 atom stereocenters. The van der Waals surface area contributed by atoms with Crippen molar-refractivity contribution in [2.75, 3.05) is 18.1 Å². The van der Waals surface area contributed by atoms with E-state index in [4.69, 9.17) is 9.47 Å². The second kappa shape index (κ2) is 9.92. The molecule has 1 fully saturated rings. The number of carbonyl (C=O) groups is 3. The van der Waals surface area contributed by atoms with Gasteiger partial charge in [0.1, 0.15) is 17.3 Å². The molecule has 2 aromatic rings. The van der Waals surface area contributed by atoms with Crippen molar-refractivity contribution in [2.45, 2.75) is 26.4 Å². The fourth-order valence-electron chi connectivity index (χ4n) is 3.15. The van der Waals surface area contributed by atoms with Gasteiger partial charge < -0.3 is 14.4 Å². The number of nitrogens with one attached hydrogen (secondary N) is 2. The highest BCUT2D eigenvalue weighted by atomic mass is 19.1. The third kappa shape index (κ3) is 5.50. The van der Waals surface area contributed by atoms with E-state index in [1.165, 1.54) is 30.0 Å². The third-order valence-electron chi connectivity index (χ3n) is 4.76. The highest BCUT2D eigenvalue weighted by molar-refractivity contribution is 6.00. The summed E-state index contributed by atoms with van der Waals surface area (Å²) in [6, 6.07) is 12.7. The molecule has 2 N–H and O–H groups in total. The van der Waals surface area contributed by atoms with Crippen LogP contribution in [0.3, 0.4) is 0 Å². The second-order valence-corrected chi connectivity index (χ2v) is 7.00. The predicted octanol–water partition coefficient (Wildman–Crippen LogP) is 2.19. The number of anilines is 1.